The minimum absolute atomic E-state index is 0.0253. The Morgan fingerprint density at radius 3 is 2.33 bits per heavy atom. The van der Waals surface area contributed by atoms with Crippen LogP contribution in [0.5, 0.6) is 0 Å². The zero-order valence-electron chi connectivity index (χ0n) is 14.1. The van der Waals surface area contributed by atoms with Crippen molar-refractivity contribution in [1.29, 1.82) is 0 Å². The topological polar surface area (TPSA) is 52.6 Å². The Morgan fingerprint density at radius 2 is 1.83 bits per heavy atom. The molecule has 1 aromatic rings. The number of rotatable bonds is 3. The zero-order valence-corrected chi connectivity index (χ0v) is 14.1. The first-order chi connectivity index (χ1) is 11.0. The number of anilines is 1. The van der Waals surface area contributed by atoms with Crippen molar-refractivity contribution in [3.05, 3.63) is 29.3 Å². The van der Waals surface area contributed by atoms with Crippen LogP contribution in [0.4, 0.5) is 18.9 Å². The fourth-order valence-corrected chi connectivity index (χ4v) is 2.80. The van der Waals surface area contributed by atoms with E-state index in [-0.39, 0.29) is 19.0 Å². The SMILES string of the molecule is Cc1ccc(NC(=O)C(C)N2CCC(O)(C(F)(F)F)CC2)cc1C. The molecule has 0 aliphatic carbocycles. The van der Waals surface area contributed by atoms with Crippen LogP contribution in [0.15, 0.2) is 18.2 Å². The maximum absolute atomic E-state index is 12.8. The number of aliphatic hydroxyl groups is 1. The Kier molecular flexibility index (Phi) is 5.25. The summed E-state index contributed by atoms with van der Waals surface area (Å²) >= 11 is 0. The highest BCUT2D eigenvalue weighted by molar-refractivity contribution is 5.94. The summed E-state index contributed by atoms with van der Waals surface area (Å²) in [6, 6.07) is 4.99. The average molecular weight is 344 g/mol. The Labute approximate surface area is 139 Å². The highest BCUT2D eigenvalue weighted by atomic mass is 19.4. The summed E-state index contributed by atoms with van der Waals surface area (Å²) in [5.74, 6) is -0.268. The molecular formula is C17H23F3N2O2. The molecule has 1 saturated heterocycles. The number of aryl methyl sites for hydroxylation is 2. The van der Waals surface area contributed by atoms with Crippen molar-refractivity contribution in [3.63, 3.8) is 0 Å². The van der Waals surface area contributed by atoms with E-state index in [9.17, 15) is 23.1 Å². The van der Waals surface area contributed by atoms with Gasteiger partial charge in [0.2, 0.25) is 5.91 Å². The first-order valence-corrected chi connectivity index (χ1v) is 7.95. The normalized spacial score (nSPS) is 19.8. The van der Waals surface area contributed by atoms with Crippen LogP contribution in [-0.4, -0.2) is 46.8 Å². The van der Waals surface area contributed by atoms with E-state index in [1.807, 2.05) is 26.0 Å². The maximum Gasteiger partial charge on any atom is 0.417 e. The Balaban J connectivity index is 1.96. The number of hydrogen-bond donors (Lipinski definition) is 2. The number of hydrogen-bond acceptors (Lipinski definition) is 3. The molecule has 134 valence electrons. The second-order valence-corrected chi connectivity index (χ2v) is 6.53. The lowest BCUT2D eigenvalue weighted by atomic mass is 9.90. The standard InChI is InChI=1S/C17H23F3N2O2/c1-11-4-5-14(10-12(11)2)21-15(23)13(3)22-8-6-16(24,7-9-22)17(18,19)20/h4-5,10,13,24H,6-9H2,1-3H3,(H,21,23). The monoisotopic (exact) mass is 344 g/mol. The number of halogens is 3. The van der Waals surface area contributed by atoms with Crippen LogP contribution >= 0.6 is 0 Å². The summed E-state index contributed by atoms with van der Waals surface area (Å²) in [5, 5.41) is 12.5. The van der Waals surface area contributed by atoms with Gasteiger partial charge in [-0.3, -0.25) is 9.69 Å². The lowest BCUT2D eigenvalue weighted by Crippen LogP contribution is -2.56. The van der Waals surface area contributed by atoms with Gasteiger partial charge in [-0.1, -0.05) is 6.07 Å². The predicted octanol–water partition coefficient (Wildman–Crippen LogP) is 3.02. The molecule has 0 spiro atoms. The molecule has 1 aromatic carbocycles. The molecular weight excluding hydrogens is 321 g/mol. The van der Waals surface area contributed by atoms with Crippen LogP contribution in [0.2, 0.25) is 0 Å². The van der Waals surface area contributed by atoms with E-state index in [1.165, 1.54) is 0 Å². The van der Waals surface area contributed by atoms with E-state index in [2.05, 4.69) is 5.32 Å². The number of piperidine rings is 1. The van der Waals surface area contributed by atoms with Crippen molar-refractivity contribution >= 4 is 11.6 Å². The second-order valence-electron chi connectivity index (χ2n) is 6.53. The summed E-state index contributed by atoms with van der Waals surface area (Å²) in [5.41, 5.74) is 0.184. The number of carbonyl (C=O) groups is 1. The van der Waals surface area contributed by atoms with Gasteiger partial charge in [0.1, 0.15) is 0 Å². The molecule has 1 aliphatic rings. The van der Waals surface area contributed by atoms with Gasteiger partial charge in [-0.05, 0) is 56.9 Å². The Morgan fingerprint density at radius 1 is 1.25 bits per heavy atom. The number of nitrogens with zero attached hydrogens (tertiary/aromatic N) is 1. The molecule has 7 heteroatoms. The molecule has 4 nitrogen and oxygen atoms in total. The van der Waals surface area contributed by atoms with Crippen molar-refractivity contribution in [2.75, 3.05) is 18.4 Å². The molecule has 1 amide bonds. The van der Waals surface area contributed by atoms with Gasteiger partial charge in [0.15, 0.2) is 5.60 Å². The van der Waals surface area contributed by atoms with Crippen LogP contribution in [-0.2, 0) is 4.79 Å². The van der Waals surface area contributed by atoms with E-state index >= 15 is 0 Å². The first-order valence-electron chi connectivity index (χ1n) is 7.95. The molecule has 0 radical (unpaired) electrons. The fourth-order valence-electron chi connectivity index (χ4n) is 2.80. The van der Waals surface area contributed by atoms with Crippen molar-refractivity contribution in [2.24, 2.45) is 0 Å². The van der Waals surface area contributed by atoms with Crippen molar-refractivity contribution in [3.8, 4) is 0 Å². The minimum atomic E-state index is -4.63. The Bertz CT molecular complexity index is 608. The van der Waals surface area contributed by atoms with Crippen LogP contribution < -0.4 is 5.32 Å². The third-order valence-electron chi connectivity index (χ3n) is 4.85. The fraction of sp³-hybridized carbons (Fsp3) is 0.588. The second kappa shape index (κ2) is 6.72. The molecule has 1 unspecified atom stereocenters. The van der Waals surface area contributed by atoms with Crippen LogP contribution in [0.25, 0.3) is 0 Å². The molecule has 1 aliphatic heterocycles. The minimum Gasteiger partial charge on any atom is -0.380 e. The molecule has 2 rings (SSSR count). The van der Waals surface area contributed by atoms with Crippen LogP contribution in [0.3, 0.4) is 0 Å². The molecule has 0 bridgehead atoms. The lowest BCUT2D eigenvalue weighted by molar-refractivity contribution is -0.273. The highest BCUT2D eigenvalue weighted by Gasteiger charge is 2.54. The number of carbonyl (C=O) groups excluding carboxylic acids is 1. The van der Waals surface area contributed by atoms with Gasteiger partial charge < -0.3 is 10.4 Å². The zero-order chi connectivity index (χ0) is 18.1. The summed E-state index contributed by atoms with van der Waals surface area (Å²) < 4.78 is 38.5. The average Bonchev–Trinajstić information content (AvgIpc) is 2.50. The molecule has 1 heterocycles. The number of nitrogens with one attached hydrogen (secondary N) is 1. The van der Waals surface area contributed by atoms with E-state index < -0.39 is 30.7 Å². The van der Waals surface area contributed by atoms with Crippen LogP contribution in [0.1, 0.15) is 30.9 Å². The van der Waals surface area contributed by atoms with E-state index in [0.717, 1.165) is 11.1 Å². The van der Waals surface area contributed by atoms with Crippen molar-refractivity contribution in [2.45, 2.75) is 51.4 Å². The van der Waals surface area contributed by atoms with E-state index in [4.69, 9.17) is 0 Å². The first kappa shape index (κ1) is 18.7. The Hall–Kier alpha value is -1.60. The van der Waals surface area contributed by atoms with E-state index in [0.29, 0.717) is 5.69 Å². The molecule has 0 aromatic heterocycles. The quantitative estimate of drug-likeness (QED) is 0.886. The lowest BCUT2D eigenvalue weighted by Gasteiger charge is -2.40. The summed E-state index contributed by atoms with van der Waals surface area (Å²) in [7, 11) is 0. The molecule has 1 fully saturated rings. The third-order valence-corrected chi connectivity index (χ3v) is 4.85. The molecule has 24 heavy (non-hydrogen) atoms. The third kappa shape index (κ3) is 3.89. The largest absolute Gasteiger partial charge is 0.417 e. The predicted molar refractivity (Wildman–Crippen MR) is 85.8 cm³/mol. The summed E-state index contributed by atoms with van der Waals surface area (Å²) in [4.78, 5) is 14.0. The van der Waals surface area contributed by atoms with E-state index in [1.54, 1.807) is 17.9 Å². The van der Waals surface area contributed by atoms with Crippen molar-refractivity contribution < 1.29 is 23.1 Å². The number of amides is 1. The highest BCUT2D eigenvalue weighted by Crippen LogP contribution is 2.38. The van der Waals surface area contributed by atoms with Gasteiger partial charge in [-0.15, -0.1) is 0 Å². The maximum atomic E-state index is 12.8. The van der Waals surface area contributed by atoms with Crippen LogP contribution in [0, 0.1) is 13.8 Å². The van der Waals surface area contributed by atoms with Gasteiger partial charge in [0, 0.05) is 18.8 Å². The molecule has 0 saturated carbocycles. The molecule has 2 N–H and O–H groups in total. The summed E-state index contributed by atoms with van der Waals surface area (Å²) in [6.45, 7) is 5.62. The number of alkyl halides is 3. The summed E-state index contributed by atoms with van der Waals surface area (Å²) in [6.07, 6.45) is -5.47. The van der Waals surface area contributed by atoms with Crippen molar-refractivity contribution in [1.82, 2.24) is 4.90 Å². The van der Waals surface area contributed by atoms with Gasteiger partial charge in [-0.25, -0.2) is 0 Å². The van der Waals surface area contributed by atoms with Gasteiger partial charge >= 0.3 is 6.18 Å². The molecule has 1 atom stereocenters. The number of benzene rings is 1. The van der Waals surface area contributed by atoms with Gasteiger partial charge in [0.05, 0.1) is 6.04 Å². The number of likely N-dealkylation sites (tertiary alicyclic amines) is 1. The van der Waals surface area contributed by atoms with Gasteiger partial charge in [-0.2, -0.15) is 13.2 Å². The van der Waals surface area contributed by atoms with Gasteiger partial charge in [0.25, 0.3) is 0 Å². The smallest absolute Gasteiger partial charge is 0.380 e.